The van der Waals surface area contributed by atoms with E-state index in [1.54, 1.807) is 0 Å². The Morgan fingerprint density at radius 2 is 2.21 bits per heavy atom. The number of rotatable bonds is 2. The van der Waals surface area contributed by atoms with E-state index in [4.69, 9.17) is 0 Å². The number of aldehydes is 1. The second-order valence-corrected chi connectivity index (χ2v) is 3.45. The molecule has 0 aromatic heterocycles. The first-order valence-electron chi connectivity index (χ1n) is 4.84. The van der Waals surface area contributed by atoms with Crippen LogP contribution >= 0.6 is 0 Å². The average Bonchev–Trinajstić information content (AvgIpc) is 2.26. The summed E-state index contributed by atoms with van der Waals surface area (Å²) in [4.78, 5) is 10.2. The molecule has 1 aromatic rings. The number of benzene rings is 1. The maximum absolute atomic E-state index is 10.2. The average molecular weight is 187 g/mol. The van der Waals surface area contributed by atoms with E-state index in [1.807, 2.05) is 6.08 Å². The molecule has 2 rings (SSSR count). The standard InChI is InChI=1S/C12H13NO/c14-7-1-2-10-3-4-11-5-6-13-9-12(11)8-10/h1-4,7-8,13H,5-6,9H2. The van der Waals surface area contributed by atoms with Crippen LogP contribution in [0, 0.1) is 0 Å². The number of fused-ring (bicyclic) bond motifs is 1. The van der Waals surface area contributed by atoms with E-state index in [9.17, 15) is 4.79 Å². The topological polar surface area (TPSA) is 29.1 Å². The number of hydrogen-bond acceptors (Lipinski definition) is 2. The van der Waals surface area contributed by atoms with Gasteiger partial charge in [-0.15, -0.1) is 0 Å². The van der Waals surface area contributed by atoms with Gasteiger partial charge in [-0.2, -0.15) is 0 Å². The first kappa shape index (κ1) is 9.16. The van der Waals surface area contributed by atoms with Gasteiger partial charge >= 0.3 is 0 Å². The van der Waals surface area contributed by atoms with Crippen molar-refractivity contribution in [2.24, 2.45) is 0 Å². The molecule has 2 heteroatoms. The van der Waals surface area contributed by atoms with Crippen molar-refractivity contribution in [3.05, 3.63) is 41.0 Å². The van der Waals surface area contributed by atoms with E-state index in [0.717, 1.165) is 31.4 Å². The lowest BCUT2D eigenvalue weighted by Crippen LogP contribution is -2.23. The van der Waals surface area contributed by atoms with Crippen LogP contribution in [0.2, 0.25) is 0 Å². The third-order valence-corrected chi connectivity index (χ3v) is 2.48. The van der Waals surface area contributed by atoms with Crippen molar-refractivity contribution in [2.45, 2.75) is 13.0 Å². The Morgan fingerprint density at radius 1 is 1.29 bits per heavy atom. The van der Waals surface area contributed by atoms with Crippen LogP contribution in [0.15, 0.2) is 24.3 Å². The first-order valence-corrected chi connectivity index (χ1v) is 4.84. The molecule has 0 saturated heterocycles. The summed E-state index contributed by atoms with van der Waals surface area (Å²) >= 11 is 0. The molecule has 2 nitrogen and oxygen atoms in total. The molecule has 1 N–H and O–H groups in total. The van der Waals surface area contributed by atoms with E-state index < -0.39 is 0 Å². The fourth-order valence-corrected chi connectivity index (χ4v) is 1.75. The molecule has 0 bridgehead atoms. The molecule has 1 heterocycles. The Hall–Kier alpha value is -1.41. The van der Waals surface area contributed by atoms with Crippen LogP contribution < -0.4 is 5.32 Å². The zero-order valence-electron chi connectivity index (χ0n) is 7.99. The molecule has 0 saturated carbocycles. The lowest BCUT2D eigenvalue weighted by Gasteiger charge is -2.17. The summed E-state index contributed by atoms with van der Waals surface area (Å²) in [5.74, 6) is 0. The van der Waals surface area contributed by atoms with E-state index >= 15 is 0 Å². The summed E-state index contributed by atoms with van der Waals surface area (Å²) in [7, 11) is 0. The quantitative estimate of drug-likeness (QED) is 0.562. The van der Waals surface area contributed by atoms with Crippen molar-refractivity contribution >= 4 is 12.4 Å². The largest absolute Gasteiger partial charge is 0.312 e. The van der Waals surface area contributed by atoms with Gasteiger partial charge in [0.2, 0.25) is 0 Å². The Kier molecular flexibility index (Phi) is 2.75. The van der Waals surface area contributed by atoms with Gasteiger partial charge in [0.15, 0.2) is 0 Å². The fraction of sp³-hybridized carbons (Fsp3) is 0.250. The van der Waals surface area contributed by atoms with Gasteiger partial charge in [0.05, 0.1) is 0 Å². The summed E-state index contributed by atoms with van der Waals surface area (Å²) in [6, 6.07) is 6.35. The van der Waals surface area contributed by atoms with Gasteiger partial charge in [-0.05, 0) is 35.7 Å². The molecule has 0 amide bonds. The molecule has 0 unspecified atom stereocenters. The normalized spacial score (nSPS) is 15.4. The third-order valence-electron chi connectivity index (χ3n) is 2.48. The second-order valence-electron chi connectivity index (χ2n) is 3.45. The van der Waals surface area contributed by atoms with Gasteiger partial charge in [-0.1, -0.05) is 24.3 Å². The highest BCUT2D eigenvalue weighted by Crippen LogP contribution is 2.16. The molecule has 0 spiro atoms. The van der Waals surface area contributed by atoms with Crippen LogP contribution in [0.3, 0.4) is 0 Å². The number of hydrogen-bond donors (Lipinski definition) is 1. The Balaban J connectivity index is 2.28. The highest BCUT2D eigenvalue weighted by atomic mass is 16.1. The van der Waals surface area contributed by atoms with Crippen molar-refractivity contribution in [2.75, 3.05) is 6.54 Å². The van der Waals surface area contributed by atoms with Gasteiger partial charge < -0.3 is 5.32 Å². The van der Waals surface area contributed by atoms with E-state index in [2.05, 4.69) is 23.5 Å². The fourth-order valence-electron chi connectivity index (χ4n) is 1.75. The molecule has 1 aromatic carbocycles. The van der Waals surface area contributed by atoms with Crippen LogP contribution in [0.5, 0.6) is 0 Å². The molecule has 1 aliphatic heterocycles. The SMILES string of the molecule is O=CC=Cc1ccc2c(c1)CNCC2. The minimum Gasteiger partial charge on any atom is -0.312 e. The molecule has 0 radical (unpaired) electrons. The van der Waals surface area contributed by atoms with Crippen molar-refractivity contribution in [1.29, 1.82) is 0 Å². The van der Waals surface area contributed by atoms with Gasteiger partial charge in [-0.25, -0.2) is 0 Å². The molecular formula is C12H13NO. The van der Waals surface area contributed by atoms with Crippen LogP contribution in [0.4, 0.5) is 0 Å². The minimum absolute atomic E-state index is 0.803. The maximum Gasteiger partial charge on any atom is 0.142 e. The summed E-state index contributed by atoms with van der Waals surface area (Å²) in [5, 5.41) is 3.33. The monoisotopic (exact) mass is 187 g/mol. The van der Waals surface area contributed by atoms with Crippen LogP contribution in [0.25, 0.3) is 6.08 Å². The van der Waals surface area contributed by atoms with Gasteiger partial charge in [0.25, 0.3) is 0 Å². The smallest absolute Gasteiger partial charge is 0.142 e. The highest BCUT2D eigenvalue weighted by Gasteiger charge is 2.07. The number of allylic oxidation sites excluding steroid dienone is 1. The predicted molar refractivity (Wildman–Crippen MR) is 57.0 cm³/mol. The predicted octanol–water partition coefficient (Wildman–Crippen LogP) is 1.54. The number of carbonyl (C=O) groups excluding carboxylic acids is 1. The molecular weight excluding hydrogens is 174 g/mol. The number of carbonyl (C=O) groups is 1. The number of nitrogens with one attached hydrogen (secondary N) is 1. The lowest BCUT2D eigenvalue weighted by molar-refractivity contribution is -0.104. The first-order chi connectivity index (χ1) is 6.90. The van der Waals surface area contributed by atoms with E-state index in [-0.39, 0.29) is 0 Å². The molecule has 0 atom stereocenters. The molecule has 72 valence electrons. The Bertz CT molecular complexity index is 369. The van der Waals surface area contributed by atoms with Gasteiger partial charge in [0.1, 0.15) is 6.29 Å². The Labute approximate surface area is 83.6 Å². The summed E-state index contributed by atoms with van der Waals surface area (Å²) in [5.41, 5.74) is 3.87. The zero-order chi connectivity index (χ0) is 9.80. The van der Waals surface area contributed by atoms with Gasteiger partial charge in [0, 0.05) is 6.54 Å². The third kappa shape index (κ3) is 1.91. The summed E-state index contributed by atoms with van der Waals surface area (Å²) in [6.07, 6.45) is 5.27. The van der Waals surface area contributed by atoms with Crippen LogP contribution in [-0.2, 0) is 17.8 Å². The lowest BCUT2D eigenvalue weighted by atomic mass is 9.98. The second kappa shape index (κ2) is 4.20. The van der Waals surface area contributed by atoms with Crippen molar-refractivity contribution in [3.63, 3.8) is 0 Å². The van der Waals surface area contributed by atoms with Crippen LogP contribution in [-0.4, -0.2) is 12.8 Å². The summed E-state index contributed by atoms with van der Waals surface area (Å²) in [6.45, 7) is 2.01. The Morgan fingerprint density at radius 3 is 3.07 bits per heavy atom. The highest BCUT2D eigenvalue weighted by molar-refractivity contribution is 5.74. The molecule has 1 aliphatic rings. The van der Waals surface area contributed by atoms with Gasteiger partial charge in [-0.3, -0.25) is 4.79 Å². The molecule has 0 aliphatic carbocycles. The zero-order valence-corrected chi connectivity index (χ0v) is 7.99. The van der Waals surface area contributed by atoms with Crippen molar-refractivity contribution in [1.82, 2.24) is 5.32 Å². The minimum atomic E-state index is 0.803. The van der Waals surface area contributed by atoms with E-state index in [0.29, 0.717) is 0 Å². The van der Waals surface area contributed by atoms with E-state index in [1.165, 1.54) is 17.2 Å². The molecule has 0 fully saturated rings. The summed E-state index contributed by atoms with van der Waals surface area (Å²) < 4.78 is 0. The van der Waals surface area contributed by atoms with Crippen molar-refractivity contribution in [3.8, 4) is 0 Å². The molecule has 14 heavy (non-hydrogen) atoms. The van der Waals surface area contributed by atoms with Crippen LogP contribution in [0.1, 0.15) is 16.7 Å². The maximum atomic E-state index is 10.2. The van der Waals surface area contributed by atoms with Crippen molar-refractivity contribution < 1.29 is 4.79 Å².